The van der Waals surface area contributed by atoms with Crippen molar-refractivity contribution < 1.29 is 0 Å². The van der Waals surface area contributed by atoms with Crippen molar-refractivity contribution in [2.75, 3.05) is 6.54 Å². The number of aliphatic imine (C=N–C) groups is 4. The first-order chi connectivity index (χ1) is 12.4. The van der Waals surface area contributed by atoms with Gasteiger partial charge in [-0.05, 0) is 57.3 Å². The molecule has 3 aliphatic carbocycles. The fourth-order valence-corrected chi connectivity index (χ4v) is 4.37. The molecule has 0 aromatic heterocycles. The Labute approximate surface area is 153 Å². The molecule has 0 atom stereocenters. The summed E-state index contributed by atoms with van der Waals surface area (Å²) in [4.78, 5) is 18.1. The van der Waals surface area contributed by atoms with Gasteiger partial charge >= 0.3 is 0 Å². The minimum atomic E-state index is 0.434. The van der Waals surface area contributed by atoms with Gasteiger partial charge in [-0.15, -0.1) is 0 Å². The van der Waals surface area contributed by atoms with Crippen LogP contribution in [-0.2, 0) is 0 Å². The first kappa shape index (κ1) is 18.5. The molecule has 0 aliphatic heterocycles. The van der Waals surface area contributed by atoms with Gasteiger partial charge < -0.3 is 0 Å². The lowest BCUT2D eigenvalue weighted by molar-refractivity contribution is 0.335. The van der Waals surface area contributed by atoms with Crippen molar-refractivity contribution >= 4 is 12.0 Å². The van der Waals surface area contributed by atoms with E-state index < -0.39 is 0 Å². The number of hydrogen-bond acceptors (Lipinski definition) is 4. The van der Waals surface area contributed by atoms with Crippen molar-refractivity contribution in [1.29, 1.82) is 0 Å². The molecule has 0 unspecified atom stereocenters. The van der Waals surface area contributed by atoms with Gasteiger partial charge in [0.2, 0.25) is 0 Å². The average Bonchev–Trinajstić information content (AvgIpc) is 2.68. The second-order valence-electron chi connectivity index (χ2n) is 8.19. The molecule has 25 heavy (non-hydrogen) atoms. The summed E-state index contributed by atoms with van der Waals surface area (Å²) >= 11 is 0. The van der Waals surface area contributed by atoms with E-state index >= 15 is 0 Å². The quantitative estimate of drug-likeness (QED) is 0.587. The minimum Gasteiger partial charge on any atom is -0.225 e. The maximum Gasteiger partial charge on any atom is 0.0898 e. The van der Waals surface area contributed by atoms with Gasteiger partial charge in [-0.3, -0.25) is 0 Å². The van der Waals surface area contributed by atoms with Gasteiger partial charge in [0.1, 0.15) is 0 Å². The van der Waals surface area contributed by atoms with Gasteiger partial charge in [-0.2, -0.15) is 0 Å². The Morgan fingerprint density at radius 2 is 1.00 bits per heavy atom. The summed E-state index contributed by atoms with van der Waals surface area (Å²) in [6.45, 7) is 0.892. The fraction of sp³-hybridized carbons (Fsp3) is 0.905. The Kier molecular flexibility index (Phi) is 7.93. The maximum absolute atomic E-state index is 4.59. The van der Waals surface area contributed by atoms with E-state index in [1.165, 1.54) is 77.0 Å². The second kappa shape index (κ2) is 10.7. The van der Waals surface area contributed by atoms with Crippen molar-refractivity contribution in [3.63, 3.8) is 0 Å². The SMILES string of the molecule is C(=NCC1CCC(N=C=NC2CCCCC2)CC1)=NC1CCCCC1. The van der Waals surface area contributed by atoms with Gasteiger partial charge in [0.15, 0.2) is 0 Å². The van der Waals surface area contributed by atoms with Crippen LogP contribution in [0, 0.1) is 5.92 Å². The monoisotopic (exact) mass is 342 g/mol. The normalized spacial score (nSPS) is 28.5. The molecule has 0 spiro atoms. The molecule has 3 rings (SSSR count). The Bertz CT molecular complexity index is 494. The highest BCUT2D eigenvalue weighted by molar-refractivity contribution is 5.42. The van der Waals surface area contributed by atoms with Gasteiger partial charge in [-0.1, -0.05) is 38.5 Å². The molecule has 3 aliphatic rings. The lowest BCUT2D eigenvalue weighted by atomic mass is 9.86. The molecule has 4 nitrogen and oxygen atoms in total. The summed E-state index contributed by atoms with van der Waals surface area (Å²) in [6, 6.07) is 7.43. The molecular weight excluding hydrogens is 308 g/mol. The number of hydrogen-bond donors (Lipinski definition) is 0. The highest BCUT2D eigenvalue weighted by Crippen LogP contribution is 2.26. The summed E-state index contributed by atoms with van der Waals surface area (Å²) in [5.74, 6) is 0.691. The summed E-state index contributed by atoms with van der Waals surface area (Å²) < 4.78 is 0. The molecule has 0 aromatic rings. The van der Waals surface area contributed by atoms with Gasteiger partial charge in [-0.25, -0.2) is 20.0 Å². The Hall–Kier alpha value is -1.24. The van der Waals surface area contributed by atoms with Crippen LogP contribution in [0.4, 0.5) is 0 Å². The van der Waals surface area contributed by atoms with Crippen LogP contribution in [0.25, 0.3) is 0 Å². The molecule has 3 saturated carbocycles. The zero-order valence-electron chi connectivity index (χ0n) is 15.7. The van der Waals surface area contributed by atoms with E-state index in [0.29, 0.717) is 24.0 Å². The molecule has 0 saturated heterocycles. The van der Waals surface area contributed by atoms with Crippen LogP contribution in [0.3, 0.4) is 0 Å². The lowest BCUT2D eigenvalue weighted by Gasteiger charge is -2.23. The molecule has 0 radical (unpaired) electrons. The molecule has 4 heteroatoms. The van der Waals surface area contributed by atoms with E-state index in [-0.39, 0.29) is 0 Å². The number of rotatable bonds is 5. The van der Waals surface area contributed by atoms with Gasteiger partial charge in [0.05, 0.1) is 36.7 Å². The minimum absolute atomic E-state index is 0.434. The van der Waals surface area contributed by atoms with Crippen LogP contribution < -0.4 is 0 Å². The van der Waals surface area contributed by atoms with Crippen LogP contribution in [0.2, 0.25) is 0 Å². The summed E-state index contributed by atoms with van der Waals surface area (Å²) in [6.07, 6.45) is 17.7. The van der Waals surface area contributed by atoms with Crippen LogP contribution >= 0.6 is 0 Å². The number of nitrogens with zero attached hydrogens (tertiary/aromatic N) is 4. The third-order valence-corrected chi connectivity index (χ3v) is 6.11. The molecule has 0 heterocycles. The third kappa shape index (κ3) is 6.88. The van der Waals surface area contributed by atoms with Crippen molar-refractivity contribution in [2.45, 2.75) is 108 Å². The smallest absolute Gasteiger partial charge is 0.0898 e. The Morgan fingerprint density at radius 3 is 1.56 bits per heavy atom. The van der Waals surface area contributed by atoms with E-state index in [0.717, 1.165) is 19.4 Å². The van der Waals surface area contributed by atoms with Crippen LogP contribution in [-0.4, -0.2) is 36.7 Å². The first-order valence-electron chi connectivity index (χ1n) is 10.7. The summed E-state index contributed by atoms with van der Waals surface area (Å²) in [5.41, 5.74) is 0. The maximum atomic E-state index is 4.59. The standard InChI is InChI=1S/C21H34N4/c1-3-7-19(8-4-1)23-16-22-15-18-11-13-21(14-12-18)25-17-24-20-9-5-2-6-10-20/h18-21H,1-15H2. The van der Waals surface area contributed by atoms with Gasteiger partial charge in [0.25, 0.3) is 0 Å². The van der Waals surface area contributed by atoms with Crippen molar-refractivity contribution in [2.24, 2.45) is 25.9 Å². The van der Waals surface area contributed by atoms with E-state index in [9.17, 15) is 0 Å². The first-order valence-corrected chi connectivity index (χ1v) is 10.7. The van der Waals surface area contributed by atoms with E-state index in [1.807, 2.05) is 0 Å². The molecular formula is C21H34N4. The van der Waals surface area contributed by atoms with Crippen molar-refractivity contribution in [1.82, 2.24) is 0 Å². The molecule has 0 amide bonds. The van der Waals surface area contributed by atoms with Crippen molar-refractivity contribution in [3.05, 3.63) is 0 Å². The molecule has 0 bridgehead atoms. The fourth-order valence-electron chi connectivity index (χ4n) is 4.37. The topological polar surface area (TPSA) is 49.4 Å². The van der Waals surface area contributed by atoms with E-state index in [4.69, 9.17) is 0 Å². The second-order valence-corrected chi connectivity index (χ2v) is 8.19. The van der Waals surface area contributed by atoms with Crippen LogP contribution in [0.5, 0.6) is 0 Å². The summed E-state index contributed by atoms with van der Waals surface area (Å²) in [5, 5.41) is 0. The Morgan fingerprint density at radius 1 is 0.520 bits per heavy atom. The molecule has 0 aromatic carbocycles. The molecule has 3 fully saturated rings. The largest absolute Gasteiger partial charge is 0.225 e. The molecule has 138 valence electrons. The zero-order valence-corrected chi connectivity index (χ0v) is 15.7. The Balaban J connectivity index is 1.34. The zero-order chi connectivity index (χ0) is 17.2. The van der Waals surface area contributed by atoms with E-state index in [1.54, 1.807) is 0 Å². The summed E-state index contributed by atoms with van der Waals surface area (Å²) in [7, 11) is 0. The third-order valence-electron chi connectivity index (χ3n) is 6.11. The van der Waals surface area contributed by atoms with Crippen molar-refractivity contribution in [3.8, 4) is 0 Å². The van der Waals surface area contributed by atoms with Gasteiger partial charge in [0, 0.05) is 0 Å². The predicted octanol–water partition coefficient (Wildman–Crippen LogP) is 5.56. The highest BCUT2D eigenvalue weighted by Gasteiger charge is 2.20. The van der Waals surface area contributed by atoms with Crippen LogP contribution in [0.15, 0.2) is 20.0 Å². The highest BCUT2D eigenvalue weighted by atomic mass is 14.9. The lowest BCUT2D eigenvalue weighted by Crippen LogP contribution is -2.19. The van der Waals surface area contributed by atoms with Crippen LogP contribution in [0.1, 0.15) is 89.9 Å². The average molecular weight is 343 g/mol. The molecule has 0 N–H and O–H groups in total. The van der Waals surface area contributed by atoms with E-state index in [2.05, 4.69) is 32.0 Å². The predicted molar refractivity (Wildman–Crippen MR) is 104 cm³/mol.